The summed E-state index contributed by atoms with van der Waals surface area (Å²) in [5.74, 6) is 1.44. The Kier molecular flexibility index (Phi) is 7.01. The van der Waals surface area contributed by atoms with Crippen LogP contribution in [0.4, 0.5) is 5.13 Å². The number of ether oxygens (including phenoxy) is 1. The van der Waals surface area contributed by atoms with Crippen molar-refractivity contribution < 1.29 is 9.53 Å². The average Bonchev–Trinajstić information content (AvgIpc) is 3.13. The van der Waals surface area contributed by atoms with Crippen molar-refractivity contribution in [3.63, 3.8) is 0 Å². The predicted molar refractivity (Wildman–Crippen MR) is 115 cm³/mol. The number of rotatable bonds is 7. The largest absolute Gasteiger partial charge is 0.497 e. The smallest absolute Gasteiger partial charge is 0.226 e. The molecule has 0 bridgehead atoms. The van der Waals surface area contributed by atoms with Crippen molar-refractivity contribution in [2.45, 2.75) is 11.3 Å². The van der Waals surface area contributed by atoms with Crippen LogP contribution in [0.25, 0.3) is 11.3 Å². The molecule has 0 aliphatic rings. The zero-order valence-electron chi connectivity index (χ0n) is 14.4. The van der Waals surface area contributed by atoms with Crippen molar-refractivity contribution in [1.29, 1.82) is 0 Å². The molecular weight excluding hydrogens is 423 g/mol. The first kappa shape index (κ1) is 20.0. The first-order chi connectivity index (χ1) is 13.0. The van der Waals surface area contributed by atoms with Gasteiger partial charge in [0.05, 0.1) is 22.8 Å². The highest BCUT2D eigenvalue weighted by molar-refractivity contribution is 7.99. The van der Waals surface area contributed by atoms with Gasteiger partial charge in [-0.15, -0.1) is 23.1 Å². The minimum absolute atomic E-state index is 0.0638. The lowest BCUT2D eigenvalue weighted by molar-refractivity contribution is -0.115. The van der Waals surface area contributed by atoms with Crippen LogP contribution >= 0.6 is 46.3 Å². The third kappa shape index (κ3) is 5.62. The minimum atomic E-state index is -0.0638. The van der Waals surface area contributed by atoms with E-state index < -0.39 is 0 Å². The topological polar surface area (TPSA) is 51.2 Å². The number of hydrogen-bond donors (Lipinski definition) is 1. The van der Waals surface area contributed by atoms with Crippen LogP contribution in [0.1, 0.15) is 6.42 Å². The van der Waals surface area contributed by atoms with Gasteiger partial charge in [0.25, 0.3) is 0 Å². The summed E-state index contributed by atoms with van der Waals surface area (Å²) >= 11 is 15.0. The molecular formula is C19H16Cl2N2O2S2. The molecule has 1 amide bonds. The van der Waals surface area contributed by atoms with Gasteiger partial charge in [-0.3, -0.25) is 4.79 Å². The third-order valence-corrected chi connectivity index (χ3v) is 6.13. The van der Waals surface area contributed by atoms with E-state index in [1.165, 1.54) is 11.3 Å². The van der Waals surface area contributed by atoms with Crippen LogP contribution in [0.15, 0.2) is 52.7 Å². The molecule has 140 valence electrons. The summed E-state index contributed by atoms with van der Waals surface area (Å²) in [7, 11) is 1.64. The summed E-state index contributed by atoms with van der Waals surface area (Å²) in [5.41, 5.74) is 1.61. The van der Waals surface area contributed by atoms with Crippen molar-refractivity contribution in [2.75, 3.05) is 18.2 Å². The molecule has 2 aromatic carbocycles. The molecule has 3 aromatic rings. The molecule has 0 spiro atoms. The van der Waals surface area contributed by atoms with Gasteiger partial charge in [0.1, 0.15) is 5.75 Å². The normalized spacial score (nSPS) is 10.6. The highest BCUT2D eigenvalue weighted by atomic mass is 35.5. The van der Waals surface area contributed by atoms with E-state index in [4.69, 9.17) is 27.9 Å². The van der Waals surface area contributed by atoms with Gasteiger partial charge in [0.2, 0.25) is 5.91 Å². The van der Waals surface area contributed by atoms with E-state index in [-0.39, 0.29) is 5.91 Å². The molecule has 0 radical (unpaired) electrons. The van der Waals surface area contributed by atoms with E-state index in [1.807, 2.05) is 35.7 Å². The Bertz CT molecular complexity index is 930. The molecule has 1 heterocycles. The van der Waals surface area contributed by atoms with Crippen molar-refractivity contribution in [2.24, 2.45) is 0 Å². The summed E-state index contributed by atoms with van der Waals surface area (Å²) in [4.78, 5) is 17.7. The number of carbonyl (C=O) groups is 1. The minimum Gasteiger partial charge on any atom is -0.497 e. The van der Waals surface area contributed by atoms with E-state index in [2.05, 4.69) is 10.3 Å². The molecule has 0 unspecified atom stereocenters. The second kappa shape index (κ2) is 9.46. The van der Waals surface area contributed by atoms with E-state index in [0.29, 0.717) is 27.4 Å². The van der Waals surface area contributed by atoms with Gasteiger partial charge < -0.3 is 10.1 Å². The van der Waals surface area contributed by atoms with Gasteiger partial charge in [-0.1, -0.05) is 29.3 Å². The molecule has 0 saturated carbocycles. The fraction of sp³-hybridized carbons (Fsp3) is 0.158. The molecule has 0 saturated heterocycles. The molecule has 1 N–H and O–H groups in total. The van der Waals surface area contributed by atoms with E-state index in [1.54, 1.807) is 31.0 Å². The number of anilines is 1. The Morgan fingerprint density at radius 3 is 2.67 bits per heavy atom. The molecule has 4 nitrogen and oxygen atoms in total. The lowest BCUT2D eigenvalue weighted by Crippen LogP contribution is -2.11. The summed E-state index contributed by atoms with van der Waals surface area (Å²) in [5, 5.41) is 6.25. The Balaban J connectivity index is 1.50. The highest BCUT2D eigenvalue weighted by Crippen LogP contribution is 2.30. The van der Waals surface area contributed by atoms with Crippen LogP contribution in [-0.2, 0) is 4.79 Å². The number of hydrogen-bond acceptors (Lipinski definition) is 5. The molecule has 1 aromatic heterocycles. The molecule has 0 aliphatic carbocycles. The Morgan fingerprint density at radius 2 is 1.96 bits per heavy atom. The van der Waals surface area contributed by atoms with Crippen LogP contribution in [0, 0.1) is 0 Å². The molecule has 3 rings (SSSR count). The van der Waals surface area contributed by atoms with Crippen LogP contribution in [0.5, 0.6) is 5.75 Å². The first-order valence-corrected chi connectivity index (χ1v) is 10.6. The number of halogens is 2. The maximum atomic E-state index is 12.1. The summed E-state index contributed by atoms with van der Waals surface area (Å²) in [6.45, 7) is 0. The van der Waals surface area contributed by atoms with E-state index in [0.717, 1.165) is 21.9 Å². The van der Waals surface area contributed by atoms with Gasteiger partial charge in [0, 0.05) is 28.0 Å². The molecule has 0 fully saturated rings. The fourth-order valence-electron chi connectivity index (χ4n) is 2.23. The Hall–Kier alpha value is -1.73. The van der Waals surface area contributed by atoms with Crippen molar-refractivity contribution >= 4 is 57.3 Å². The third-order valence-electron chi connectivity index (χ3n) is 3.62. The van der Waals surface area contributed by atoms with Crippen molar-refractivity contribution in [1.82, 2.24) is 4.98 Å². The lowest BCUT2D eigenvalue weighted by atomic mass is 10.2. The highest BCUT2D eigenvalue weighted by Gasteiger charge is 2.09. The Morgan fingerprint density at radius 1 is 1.19 bits per heavy atom. The van der Waals surface area contributed by atoms with Crippen molar-refractivity contribution in [3.05, 3.63) is 57.9 Å². The number of methoxy groups -OCH3 is 1. The van der Waals surface area contributed by atoms with E-state index >= 15 is 0 Å². The number of aromatic nitrogens is 1. The molecule has 0 aliphatic heterocycles. The van der Waals surface area contributed by atoms with Gasteiger partial charge in [-0.2, -0.15) is 0 Å². The second-order valence-electron chi connectivity index (χ2n) is 5.49. The molecule has 0 atom stereocenters. The number of amides is 1. The molecule has 27 heavy (non-hydrogen) atoms. The van der Waals surface area contributed by atoms with Crippen LogP contribution in [0.3, 0.4) is 0 Å². The van der Waals surface area contributed by atoms with Gasteiger partial charge in [-0.05, 0) is 36.4 Å². The number of thiazole rings is 1. The van der Waals surface area contributed by atoms with Crippen LogP contribution < -0.4 is 10.1 Å². The van der Waals surface area contributed by atoms with Gasteiger partial charge in [0.15, 0.2) is 5.13 Å². The first-order valence-electron chi connectivity index (χ1n) is 8.03. The van der Waals surface area contributed by atoms with E-state index in [9.17, 15) is 4.79 Å². The summed E-state index contributed by atoms with van der Waals surface area (Å²) < 4.78 is 5.13. The average molecular weight is 439 g/mol. The number of benzene rings is 2. The second-order valence-corrected chi connectivity index (χ2v) is 8.33. The number of nitrogens with zero attached hydrogens (tertiary/aromatic N) is 1. The predicted octanol–water partition coefficient (Wildman–Crippen LogP) is 6.25. The zero-order valence-corrected chi connectivity index (χ0v) is 17.5. The van der Waals surface area contributed by atoms with Crippen LogP contribution in [-0.4, -0.2) is 23.8 Å². The maximum Gasteiger partial charge on any atom is 0.226 e. The monoisotopic (exact) mass is 438 g/mol. The number of nitrogens with one attached hydrogen (secondary N) is 1. The Labute approximate surface area is 175 Å². The lowest BCUT2D eigenvalue weighted by Gasteiger charge is -2.04. The number of carbonyl (C=O) groups excluding carboxylic acids is 1. The fourth-order valence-corrected chi connectivity index (χ4v) is 4.12. The number of thioether (sulfide) groups is 1. The molecule has 8 heteroatoms. The SMILES string of the molecule is COc1ccc(SCCC(=O)Nc2nc(-c3ccc(Cl)c(Cl)c3)cs2)cc1. The maximum absolute atomic E-state index is 12.1. The van der Waals surface area contributed by atoms with Crippen molar-refractivity contribution in [3.8, 4) is 17.0 Å². The zero-order chi connectivity index (χ0) is 19.2. The summed E-state index contributed by atoms with van der Waals surface area (Å²) in [6, 6.07) is 13.1. The standard InChI is InChI=1S/C19H16Cl2N2O2S2/c1-25-13-3-5-14(6-4-13)26-9-8-18(24)23-19-22-17(11-27-19)12-2-7-15(20)16(21)10-12/h2-7,10-11H,8-9H2,1H3,(H,22,23,24). The van der Waals surface area contributed by atoms with Crippen LogP contribution in [0.2, 0.25) is 10.0 Å². The van der Waals surface area contributed by atoms with Gasteiger partial charge in [-0.25, -0.2) is 4.98 Å². The quantitative estimate of drug-likeness (QED) is 0.443. The summed E-state index contributed by atoms with van der Waals surface area (Å²) in [6.07, 6.45) is 0.401. The van der Waals surface area contributed by atoms with Gasteiger partial charge >= 0.3 is 0 Å².